The molecule has 0 aliphatic carbocycles. The van der Waals surface area contributed by atoms with Crippen molar-refractivity contribution in [1.82, 2.24) is 4.98 Å². The number of nitrogens with zero attached hydrogens (tertiary/aromatic N) is 1. The molecule has 0 bridgehead atoms. The van der Waals surface area contributed by atoms with Crippen molar-refractivity contribution >= 4 is 11.9 Å². The number of esters is 2. The minimum atomic E-state index is -4.61. The lowest BCUT2D eigenvalue weighted by atomic mass is 9.93. The zero-order chi connectivity index (χ0) is 19.9. The van der Waals surface area contributed by atoms with Crippen LogP contribution in [0, 0.1) is 5.92 Å². The van der Waals surface area contributed by atoms with Crippen molar-refractivity contribution in [3.05, 3.63) is 42.2 Å². The van der Waals surface area contributed by atoms with Gasteiger partial charge in [0.25, 0.3) is 6.29 Å². The molecular weight excluding hydrogens is 367 g/mol. The van der Waals surface area contributed by atoms with E-state index in [4.69, 9.17) is 9.47 Å². The van der Waals surface area contributed by atoms with Crippen LogP contribution in [0.5, 0.6) is 0 Å². The van der Waals surface area contributed by atoms with E-state index in [0.717, 1.165) is 6.92 Å². The Balaban J connectivity index is 1.94. The fourth-order valence-corrected chi connectivity index (χ4v) is 2.64. The Morgan fingerprint density at radius 2 is 2.15 bits per heavy atom. The number of alkyl halides is 3. The molecule has 0 spiro atoms. The van der Waals surface area contributed by atoms with Crippen molar-refractivity contribution in [3.63, 3.8) is 0 Å². The molecule has 0 radical (unpaired) electrons. The van der Waals surface area contributed by atoms with Gasteiger partial charge in [-0.05, 0) is 24.5 Å². The number of ether oxygens (including phenoxy) is 3. The van der Waals surface area contributed by atoms with E-state index >= 15 is 0 Å². The maximum Gasteiger partial charge on any atom is 0.440 e. The molecule has 27 heavy (non-hydrogen) atoms. The monoisotopic (exact) mass is 387 g/mol. The van der Waals surface area contributed by atoms with Gasteiger partial charge in [0.05, 0.1) is 12.7 Å². The molecule has 148 valence electrons. The number of hydrogen-bond acceptors (Lipinski definition) is 6. The highest BCUT2D eigenvalue weighted by atomic mass is 19.4. The van der Waals surface area contributed by atoms with E-state index in [2.05, 4.69) is 9.72 Å². The number of carbonyl (C=O) groups is 2. The molecule has 2 rings (SSSR count). The van der Waals surface area contributed by atoms with Crippen molar-refractivity contribution in [1.29, 1.82) is 0 Å². The minimum absolute atomic E-state index is 0.0376. The highest BCUT2D eigenvalue weighted by Crippen LogP contribution is 2.39. The van der Waals surface area contributed by atoms with E-state index in [-0.39, 0.29) is 18.9 Å². The molecule has 1 aromatic heterocycles. The summed E-state index contributed by atoms with van der Waals surface area (Å²) in [6.45, 7) is 1.02. The first-order valence-electron chi connectivity index (χ1n) is 8.37. The summed E-state index contributed by atoms with van der Waals surface area (Å²) in [6, 6.07) is 3.29. The largest absolute Gasteiger partial charge is 0.440 e. The maximum absolute atomic E-state index is 12.9. The van der Waals surface area contributed by atoms with E-state index in [1.807, 2.05) is 0 Å². The van der Waals surface area contributed by atoms with Crippen molar-refractivity contribution < 1.29 is 37.0 Å². The van der Waals surface area contributed by atoms with Gasteiger partial charge in [0.2, 0.25) is 0 Å². The molecular formula is C18H20F3NO5. The van der Waals surface area contributed by atoms with Crippen LogP contribution in [0.3, 0.4) is 0 Å². The number of allylic oxidation sites excluding steroid dienone is 2. The lowest BCUT2D eigenvalue weighted by Gasteiger charge is -2.37. The normalized spacial score (nSPS) is 23.3. The molecule has 2 heterocycles. The number of pyridine rings is 1. The molecule has 1 aromatic rings. The molecule has 0 aromatic carbocycles. The predicted molar refractivity (Wildman–Crippen MR) is 87.1 cm³/mol. The summed E-state index contributed by atoms with van der Waals surface area (Å²) in [4.78, 5) is 25.8. The second-order valence-electron chi connectivity index (χ2n) is 6.02. The average molecular weight is 387 g/mol. The lowest BCUT2D eigenvalue weighted by molar-refractivity contribution is -0.353. The number of halogens is 3. The van der Waals surface area contributed by atoms with Crippen molar-refractivity contribution in [3.8, 4) is 0 Å². The van der Waals surface area contributed by atoms with Gasteiger partial charge in [0.15, 0.2) is 0 Å². The summed E-state index contributed by atoms with van der Waals surface area (Å²) in [5.41, 5.74) is 0.540. The fraction of sp³-hybridized carbons (Fsp3) is 0.500. The summed E-state index contributed by atoms with van der Waals surface area (Å²) in [7, 11) is 0. The highest BCUT2D eigenvalue weighted by molar-refractivity contribution is 5.84. The van der Waals surface area contributed by atoms with Gasteiger partial charge in [-0.15, -0.1) is 0 Å². The van der Waals surface area contributed by atoms with Crippen molar-refractivity contribution in [2.75, 3.05) is 6.61 Å². The Kier molecular flexibility index (Phi) is 7.49. The van der Waals surface area contributed by atoms with E-state index in [1.54, 1.807) is 24.3 Å². The minimum Gasteiger partial charge on any atom is -0.393 e. The molecule has 1 fully saturated rings. The van der Waals surface area contributed by atoms with Gasteiger partial charge in [0.1, 0.15) is 0 Å². The van der Waals surface area contributed by atoms with Gasteiger partial charge in [0, 0.05) is 31.7 Å². The molecule has 1 saturated heterocycles. The molecule has 3 atom stereocenters. The van der Waals surface area contributed by atoms with E-state index in [0.29, 0.717) is 18.4 Å². The second kappa shape index (κ2) is 9.61. The highest BCUT2D eigenvalue weighted by Gasteiger charge is 2.47. The fourth-order valence-electron chi connectivity index (χ4n) is 2.64. The number of aromatic nitrogens is 1. The summed E-state index contributed by atoms with van der Waals surface area (Å²) in [5, 5.41) is 0. The van der Waals surface area contributed by atoms with Crippen LogP contribution in [0.25, 0.3) is 0 Å². The Labute approximate surface area is 154 Å². The Morgan fingerprint density at radius 3 is 2.78 bits per heavy atom. The van der Waals surface area contributed by atoms with Gasteiger partial charge in [-0.25, -0.2) is 0 Å². The topological polar surface area (TPSA) is 74.7 Å². The smallest absolute Gasteiger partial charge is 0.393 e. The Hall–Kier alpha value is -2.26. The zero-order valence-corrected chi connectivity index (χ0v) is 14.6. The molecule has 1 aliphatic rings. The summed E-state index contributed by atoms with van der Waals surface area (Å²) in [5.74, 6) is -1.63. The third-order valence-corrected chi connectivity index (χ3v) is 3.82. The van der Waals surface area contributed by atoms with E-state index in [1.165, 1.54) is 12.4 Å². The first kappa shape index (κ1) is 21.0. The number of carbonyl (C=O) groups excluding carboxylic acids is 2. The van der Waals surface area contributed by atoms with Crippen LogP contribution in [0.1, 0.15) is 37.9 Å². The van der Waals surface area contributed by atoms with Crippen LogP contribution in [0.4, 0.5) is 13.2 Å². The molecule has 1 aliphatic heterocycles. The second-order valence-corrected chi connectivity index (χ2v) is 6.02. The van der Waals surface area contributed by atoms with E-state index < -0.39 is 30.5 Å². The molecule has 6 nitrogen and oxygen atoms in total. The third-order valence-electron chi connectivity index (χ3n) is 3.82. The quantitative estimate of drug-likeness (QED) is 0.423. The molecule has 3 unspecified atom stereocenters. The van der Waals surface area contributed by atoms with Gasteiger partial charge < -0.3 is 14.2 Å². The number of hydrogen-bond donors (Lipinski definition) is 0. The maximum atomic E-state index is 12.9. The van der Waals surface area contributed by atoms with Crippen LogP contribution in [0.15, 0.2) is 36.7 Å². The first-order valence-corrected chi connectivity index (χ1v) is 8.37. The third kappa shape index (κ3) is 6.76. The van der Waals surface area contributed by atoms with Gasteiger partial charge in [-0.3, -0.25) is 14.6 Å². The van der Waals surface area contributed by atoms with Crippen LogP contribution in [0.2, 0.25) is 0 Å². The van der Waals surface area contributed by atoms with Crippen LogP contribution < -0.4 is 0 Å². The summed E-state index contributed by atoms with van der Waals surface area (Å²) in [6.07, 6.45) is -0.469. The van der Waals surface area contributed by atoms with Crippen LogP contribution in [-0.4, -0.2) is 36.0 Å². The van der Waals surface area contributed by atoms with Crippen molar-refractivity contribution in [2.45, 2.75) is 44.8 Å². The van der Waals surface area contributed by atoms with E-state index in [9.17, 15) is 22.8 Å². The lowest BCUT2D eigenvalue weighted by Crippen LogP contribution is -2.43. The molecule has 0 N–H and O–H groups in total. The van der Waals surface area contributed by atoms with Crippen LogP contribution >= 0.6 is 0 Å². The molecule has 9 heteroatoms. The molecule has 0 saturated carbocycles. The van der Waals surface area contributed by atoms with Gasteiger partial charge in [-0.2, -0.15) is 13.2 Å². The Bertz CT molecular complexity index is 663. The SMILES string of the molecule is CC(=O)OC(=O)CC/C=C\CC1COC(C(F)(F)F)OC1c1cccnc1. The number of rotatable bonds is 6. The summed E-state index contributed by atoms with van der Waals surface area (Å²) >= 11 is 0. The first-order chi connectivity index (χ1) is 12.8. The predicted octanol–water partition coefficient (Wildman–Crippen LogP) is 3.49. The van der Waals surface area contributed by atoms with Gasteiger partial charge in [-0.1, -0.05) is 18.2 Å². The molecule has 0 amide bonds. The Morgan fingerprint density at radius 1 is 1.37 bits per heavy atom. The van der Waals surface area contributed by atoms with Crippen LogP contribution in [-0.2, 0) is 23.8 Å². The standard InChI is InChI=1S/C18H20F3NO5/c1-12(23)26-15(24)8-4-2-3-6-14-11-25-17(18(19,20)21)27-16(14)13-7-5-9-22-10-13/h2-3,5,7,9-10,14,16-17H,4,6,8,11H2,1H3/b3-2-. The van der Waals surface area contributed by atoms with Gasteiger partial charge >= 0.3 is 18.1 Å². The zero-order valence-electron chi connectivity index (χ0n) is 14.6. The average Bonchev–Trinajstić information content (AvgIpc) is 2.60. The van der Waals surface area contributed by atoms with Crippen molar-refractivity contribution in [2.24, 2.45) is 5.92 Å². The summed E-state index contributed by atoms with van der Waals surface area (Å²) < 4.78 is 53.2.